The molecule has 0 saturated carbocycles. The Bertz CT molecular complexity index is 1030. The standard InChI is InChI=1S/C21H23F3N4O3/c1-12-9-25-17(26-20(30)14-10-31-11-14)8-15(12)13-6-18(27-19(29)7-13)28-5-3-2-4-16(28)21(22,23)24/h6-9,14,16H,2-5,10-11H2,1H3,(H,27,29)(H,25,26,30)/t16-/m1/s1. The molecule has 4 heterocycles. The molecule has 1 atom stereocenters. The molecule has 0 aliphatic carbocycles. The number of rotatable bonds is 4. The van der Waals surface area contributed by atoms with E-state index in [1.54, 1.807) is 25.3 Å². The van der Waals surface area contributed by atoms with Crippen LogP contribution in [0.2, 0.25) is 0 Å². The fourth-order valence-corrected chi connectivity index (χ4v) is 3.92. The molecule has 4 rings (SSSR count). The molecule has 7 nitrogen and oxygen atoms in total. The Kier molecular flexibility index (Phi) is 5.74. The van der Waals surface area contributed by atoms with Gasteiger partial charge < -0.3 is 19.9 Å². The van der Waals surface area contributed by atoms with Gasteiger partial charge in [-0.2, -0.15) is 13.2 Å². The number of hydrogen-bond donors (Lipinski definition) is 2. The third-order valence-corrected chi connectivity index (χ3v) is 5.69. The molecule has 10 heteroatoms. The zero-order chi connectivity index (χ0) is 22.2. The molecule has 31 heavy (non-hydrogen) atoms. The van der Waals surface area contributed by atoms with Gasteiger partial charge >= 0.3 is 6.18 Å². The number of aromatic nitrogens is 2. The Morgan fingerprint density at radius 2 is 2.03 bits per heavy atom. The Morgan fingerprint density at radius 1 is 1.26 bits per heavy atom. The van der Waals surface area contributed by atoms with Gasteiger partial charge in [0.15, 0.2) is 0 Å². The molecule has 2 aliphatic rings. The average molecular weight is 436 g/mol. The van der Waals surface area contributed by atoms with E-state index in [1.165, 1.54) is 11.0 Å². The van der Waals surface area contributed by atoms with Crippen LogP contribution in [-0.2, 0) is 9.53 Å². The van der Waals surface area contributed by atoms with Gasteiger partial charge in [0.25, 0.3) is 0 Å². The topological polar surface area (TPSA) is 87.3 Å². The lowest BCUT2D eigenvalue weighted by molar-refractivity contribution is -0.152. The number of ether oxygens (including phenoxy) is 1. The van der Waals surface area contributed by atoms with Gasteiger partial charge in [-0.15, -0.1) is 0 Å². The van der Waals surface area contributed by atoms with E-state index in [0.717, 1.165) is 5.56 Å². The van der Waals surface area contributed by atoms with Crippen LogP contribution in [0.25, 0.3) is 11.1 Å². The summed E-state index contributed by atoms with van der Waals surface area (Å²) in [6.45, 7) is 2.72. The van der Waals surface area contributed by atoms with Crippen molar-refractivity contribution < 1.29 is 22.7 Å². The Balaban J connectivity index is 1.67. The highest BCUT2D eigenvalue weighted by Crippen LogP contribution is 2.35. The lowest BCUT2D eigenvalue weighted by Crippen LogP contribution is -2.49. The summed E-state index contributed by atoms with van der Waals surface area (Å²) in [6, 6.07) is 2.89. The van der Waals surface area contributed by atoms with Crippen molar-refractivity contribution in [3.8, 4) is 11.1 Å². The third kappa shape index (κ3) is 4.58. The second-order valence-electron chi connectivity index (χ2n) is 7.97. The molecule has 0 bridgehead atoms. The lowest BCUT2D eigenvalue weighted by atomic mass is 10.00. The second-order valence-corrected chi connectivity index (χ2v) is 7.97. The van der Waals surface area contributed by atoms with Crippen LogP contribution in [0.1, 0.15) is 24.8 Å². The van der Waals surface area contributed by atoms with Crippen LogP contribution in [0.15, 0.2) is 29.2 Å². The predicted molar refractivity (Wildman–Crippen MR) is 109 cm³/mol. The largest absolute Gasteiger partial charge is 0.408 e. The molecule has 2 saturated heterocycles. The summed E-state index contributed by atoms with van der Waals surface area (Å²) in [5, 5.41) is 2.73. The van der Waals surface area contributed by atoms with Crippen LogP contribution >= 0.6 is 0 Å². The van der Waals surface area contributed by atoms with Gasteiger partial charge in [0.2, 0.25) is 11.5 Å². The maximum absolute atomic E-state index is 13.5. The first-order chi connectivity index (χ1) is 14.7. The van der Waals surface area contributed by atoms with E-state index in [2.05, 4.69) is 15.3 Å². The number of nitrogens with one attached hydrogen (secondary N) is 2. The molecule has 2 aliphatic heterocycles. The highest BCUT2D eigenvalue weighted by molar-refractivity contribution is 5.93. The van der Waals surface area contributed by atoms with Crippen molar-refractivity contribution in [3.05, 3.63) is 40.3 Å². The van der Waals surface area contributed by atoms with E-state index in [-0.39, 0.29) is 30.6 Å². The van der Waals surface area contributed by atoms with Gasteiger partial charge in [-0.3, -0.25) is 9.59 Å². The fraction of sp³-hybridized carbons (Fsp3) is 0.476. The van der Waals surface area contributed by atoms with Crippen molar-refractivity contribution in [3.63, 3.8) is 0 Å². The van der Waals surface area contributed by atoms with Crippen molar-refractivity contribution in [2.75, 3.05) is 30.0 Å². The third-order valence-electron chi connectivity index (χ3n) is 5.69. The Labute approximate surface area is 176 Å². The average Bonchev–Trinajstić information content (AvgIpc) is 2.67. The van der Waals surface area contributed by atoms with Crippen molar-refractivity contribution in [2.24, 2.45) is 5.92 Å². The number of piperidine rings is 1. The minimum absolute atomic E-state index is 0.00883. The van der Waals surface area contributed by atoms with Crippen LogP contribution in [0, 0.1) is 12.8 Å². The zero-order valence-corrected chi connectivity index (χ0v) is 17.0. The van der Waals surface area contributed by atoms with Crippen molar-refractivity contribution in [1.82, 2.24) is 9.97 Å². The zero-order valence-electron chi connectivity index (χ0n) is 17.0. The number of pyridine rings is 2. The summed E-state index contributed by atoms with van der Waals surface area (Å²) in [5.41, 5.74) is 1.32. The van der Waals surface area contributed by atoms with Gasteiger partial charge in [-0.1, -0.05) is 0 Å². The summed E-state index contributed by atoms with van der Waals surface area (Å²) >= 11 is 0. The van der Waals surface area contributed by atoms with Gasteiger partial charge in [0.1, 0.15) is 17.7 Å². The normalized spacial score (nSPS) is 19.7. The number of amides is 1. The number of aromatic amines is 1. The maximum Gasteiger partial charge on any atom is 0.408 e. The molecule has 2 N–H and O–H groups in total. The highest BCUT2D eigenvalue weighted by atomic mass is 19.4. The van der Waals surface area contributed by atoms with Crippen LogP contribution in [-0.4, -0.2) is 47.9 Å². The molecule has 2 aromatic rings. The van der Waals surface area contributed by atoms with Crippen molar-refractivity contribution in [1.29, 1.82) is 0 Å². The first kappa shape index (κ1) is 21.4. The summed E-state index contributed by atoms with van der Waals surface area (Å²) in [7, 11) is 0. The van der Waals surface area contributed by atoms with Crippen LogP contribution in [0.5, 0.6) is 0 Å². The Hall–Kier alpha value is -2.88. The quantitative estimate of drug-likeness (QED) is 0.768. The smallest absolute Gasteiger partial charge is 0.380 e. The number of hydrogen-bond acceptors (Lipinski definition) is 5. The van der Waals surface area contributed by atoms with Gasteiger partial charge in [-0.25, -0.2) is 4.98 Å². The molecular weight excluding hydrogens is 413 g/mol. The maximum atomic E-state index is 13.5. The molecular formula is C21H23F3N4O3. The molecule has 166 valence electrons. The van der Waals surface area contributed by atoms with E-state index in [1.807, 2.05) is 0 Å². The predicted octanol–water partition coefficient (Wildman–Crippen LogP) is 3.25. The fourth-order valence-electron chi connectivity index (χ4n) is 3.92. The van der Waals surface area contributed by atoms with Crippen LogP contribution in [0.3, 0.4) is 0 Å². The first-order valence-corrected chi connectivity index (χ1v) is 10.2. The number of nitrogens with zero attached hydrogens (tertiary/aromatic N) is 2. The molecule has 0 aromatic carbocycles. The summed E-state index contributed by atoms with van der Waals surface area (Å²) < 4.78 is 45.7. The molecule has 0 radical (unpaired) electrons. The highest BCUT2D eigenvalue weighted by Gasteiger charge is 2.45. The monoisotopic (exact) mass is 436 g/mol. The lowest BCUT2D eigenvalue weighted by Gasteiger charge is -2.38. The van der Waals surface area contributed by atoms with Crippen molar-refractivity contribution in [2.45, 2.75) is 38.4 Å². The molecule has 2 fully saturated rings. The molecule has 0 spiro atoms. The summed E-state index contributed by atoms with van der Waals surface area (Å²) in [6.07, 6.45) is -1.73. The van der Waals surface area contributed by atoms with E-state index in [0.29, 0.717) is 43.0 Å². The van der Waals surface area contributed by atoms with Crippen LogP contribution in [0.4, 0.5) is 24.8 Å². The number of halogens is 3. The van der Waals surface area contributed by atoms with E-state index >= 15 is 0 Å². The molecule has 0 unspecified atom stereocenters. The number of carbonyl (C=O) groups excluding carboxylic acids is 1. The first-order valence-electron chi connectivity index (χ1n) is 10.2. The number of H-pyrrole nitrogens is 1. The van der Waals surface area contributed by atoms with Gasteiger partial charge in [0.05, 0.1) is 19.1 Å². The van der Waals surface area contributed by atoms with E-state index in [4.69, 9.17) is 4.74 Å². The summed E-state index contributed by atoms with van der Waals surface area (Å²) in [4.78, 5) is 32.5. The molecule has 2 aromatic heterocycles. The van der Waals surface area contributed by atoms with Gasteiger partial charge in [0, 0.05) is 18.8 Å². The van der Waals surface area contributed by atoms with Crippen molar-refractivity contribution >= 4 is 17.5 Å². The minimum Gasteiger partial charge on any atom is -0.380 e. The number of alkyl halides is 3. The van der Waals surface area contributed by atoms with Crippen LogP contribution < -0.4 is 15.8 Å². The van der Waals surface area contributed by atoms with E-state index in [9.17, 15) is 22.8 Å². The number of carbonyl (C=O) groups is 1. The van der Waals surface area contributed by atoms with Gasteiger partial charge in [-0.05, 0) is 55.0 Å². The molecule has 1 amide bonds. The summed E-state index contributed by atoms with van der Waals surface area (Å²) in [5.74, 6) is 0.0148. The number of anilines is 2. The Morgan fingerprint density at radius 3 is 2.71 bits per heavy atom. The second kappa shape index (κ2) is 8.33. The SMILES string of the molecule is Cc1cnc(NC(=O)C2COC2)cc1-c1cc(N2CCCC[C@@H]2C(F)(F)F)[nH]c(=O)c1. The van der Waals surface area contributed by atoms with E-state index < -0.39 is 17.8 Å². The number of aryl methyl sites for hydroxylation is 1. The minimum atomic E-state index is -4.39.